The van der Waals surface area contributed by atoms with Crippen LogP contribution < -0.4 is 0 Å². The Morgan fingerprint density at radius 2 is 1.94 bits per heavy atom. The first-order chi connectivity index (χ1) is 8.16. The number of hydrogen-bond donors (Lipinski definition) is 0. The Bertz CT molecular complexity index is 564. The van der Waals surface area contributed by atoms with Gasteiger partial charge >= 0.3 is 0 Å². The SMILES string of the molecule is Cc1ccc(Cl)cc1N=Cc1ccccc1I. The molecule has 0 saturated carbocycles. The summed E-state index contributed by atoms with van der Waals surface area (Å²) in [5, 5.41) is 0.713. The van der Waals surface area contributed by atoms with E-state index in [1.54, 1.807) is 0 Å². The second-order valence-electron chi connectivity index (χ2n) is 3.71. The van der Waals surface area contributed by atoms with Crippen molar-refractivity contribution in [3.63, 3.8) is 0 Å². The summed E-state index contributed by atoms with van der Waals surface area (Å²) < 4.78 is 1.19. The fraction of sp³-hybridized carbons (Fsp3) is 0.0714. The van der Waals surface area contributed by atoms with Crippen LogP contribution in [-0.2, 0) is 0 Å². The number of aliphatic imine (C=N–C) groups is 1. The summed E-state index contributed by atoms with van der Waals surface area (Å²) in [6.07, 6.45) is 1.88. The molecule has 0 aromatic heterocycles. The Morgan fingerprint density at radius 3 is 2.71 bits per heavy atom. The molecular weight excluding hydrogens is 345 g/mol. The van der Waals surface area contributed by atoms with Gasteiger partial charge in [0.15, 0.2) is 0 Å². The quantitative estimate of drug-likeness (QED) is 0.531. The molecule has 2 aromatic carbocycles. The highest BCUT2D eigenvalue weighted by molar-refractivity contribution is 14.1. The molecule has 0 fully saturated rings. The summed E-state index contributed by atoms with van der Waals surface area (Å²) in [6, 6.07) is 13.9. The molecule has 0 bridgehead atoms. The largest absolute Gasteiger partial charge is 0.256 e. The van der Waals surface area contributed by atoms with E-state index in [0.29, 0.717) is 5.02 Å². The van der Waals surface area contributed by atoms with Gasteiger partial charge in [0.2, 0.25) is 0 Å². The lowest BCUT2D eigenvalue weighted by molar-refractivity contribution is 1.40. The molecule has 0 spiro atoms. The third kappa shape index (κ3) is 3.30. The molecule has 0 aliphatic heterocycles. The van der Waals surface area contributed by atoms with Crippen LogP contribution in [-0.4, -0.2) is 6.21 Å². The zero-order valence-electron chi connectivity index (χ0n) is 9.32. The number of benzene rings is 2. The molecule has 0 radical (unpaired) electrons. The molecule has 17 heavy (non-hydrogen) atoms. The molecule has 0 aliphatic carbocycles. The van der Waals surface area contributed by atoms with Crippen LogP contribution in [0.1, 0.15) is 11.1 Å². The standard InChI is InChI=1S/C14H11ClIN/c1-10-6-7-12(15)8-14(10)17-9-11-4-2-3-5-13(11)16/h2-9H,1H3. The van der Waals surface area contributed by atoms with Crippen molar-refractivity contribution in [1.29, 1.82) is 0 Å². The van der Waals surface area contributed by atoms with Gasteiger partial charge in [0, 0.05) is 20.4 Å². The summed E-state index contributed by atoms with van der Waals surface area (Å²) in [4.78, 5) is 4.48. The van der Waals surface area contributed by atoms with E-state index in [1.807, 2.05) is 49.5 Å². The molecule has 0 aliphatic rings. The monoisotopic (exact) mass is 355 g/mol. The highest BCUT2D eigenvalue weighted by Gasteiger charge is 1.98. The van der Waals surface area contributed by atoms with Gasteiger partial charge in [-0.15, -0.1) is 0 Å². The van der Waals surface area contributed by atoms with Crippen LogP contribution in [0, 0.1) is 10.5 Å². The third-order valence-corrected chi connectivity index (χ3v) is 3.64. The lowest BCUT2D eigenvalue weighted by Crippen LogP contribution is -1.85. The molecule has 2 rings (SSSR count). The second kappa shape index (κ2) is 5.65. The molecule has 0 heterocycles. The molecule has 0 atom stereocenters. The van der Waals surface area contributed by atoms with E-state index >= 15 is 0 Å². The zero-order valence-corrected chi connectivity index (χ0v) is 12.2. The maximum atomic E-state index is 5.95. The molecule has 0 saturated heterocycles. The number of halogens is 2. The predicted molar refractivity (Wildman–Crippen MR) is 82.6 cm³/mol. The first-order valence-corrected chi connectivity index (χ1v) is 6.67. The summed E-state index contributed by atoms with van der Waals surface area (Å²) >= 11 is 8.26. The Balaban J connectivity index is 2.32. The summed E-state index contributed by atoms with van der Waals surface area (Å²) in [5.74, 6) is 0. The highest BCUT2D eigenvalue weighted by Crippen LogP contribution is 2.23. The lowest BCUT2D eigenvalue weighted by atomic mass is 10.2. The van der Waals surface area contributed by atoms with Gasteiger partial charge in [-0.3, -0.25) is 4.99 Å². The predicted octanol–water partition coefficient (Wildman–Crippen LogP) is 5.00. The van der Waals surface area contributed by atoms with E-state index in [0.717, 1.165) is 16.8 Å². The van der Waals surface area contributed by atoms with Crippen molar-refractivity contribution in [3.8, 4) is 0 Å². The number of nitrogens with zero attached hydrogens (tertiary/aromatic N) is 1. The first kappa shape index (κ1) is 12.6. The molecule has 0 unspecified atom stereocenters. The Kier molecular flexibility index (Phi) is 4.18. The Labute approximate surface area is 120 Å². The van der Waals surface area contributed by atoms with E-state index in [9.17, 15) is 0 Å². The Morgan fingerprint density at radius 1 is 1.18 bits per heavy atom. The minimum absolute atomic E-state index is 0.713. The summed E-state index contributed by atoms with van der Waals surface area (Å²) in [6.45, 7) is 2.03. The lowest BCUT2D eigenvalue weighted by Gasteiger charge is -2.01. The maximum absolute atomic E-state index is 5.95. The molecule has 0 N–H and O–H groups in total. The molecule has 86 valence electrons. The molecule has 2 aromatic rings. The number of aryl methyl sites for hydroxylation is 1. The highest BCUT2D eigenvalue weighted by atomic mass is 127. The molecule has 3 heteroatoms. The van der Waals surface area contributed by atoms with Crippen LogP contribution in [0.5, 0.6) is 0 Å². The minimum atomic E-state index is 0.713. The fourth-order valence-electron chi connectivity index (χ4n) is 1.44. The van der Waals surface area contributed by atoms with Crippen molar-refractivity contribution in [1.82, 2.24) is 0 Å². The van der Waals surface area contributed by atoms with Crippen LogP contribution in [0.4, 0.5) is 5.69 Å². The smallest absolute Gasteiger partial charge is 0.0673 e. The van der Waals surface area contributed by atoms with Gasteiger partial charge < -0.3 is 0 Å². The Hall–Kier alpha value is -0.870. The van der Waals surface area contributed by atoms with Gasteiger partial charge in [-0.05, 0) is 53.3 Å². The van der Waals surface area contributed by atoms with E-state index in [4.69, 9.17) is 11.6 Å². The van der Waals surface area contributed by atoms with Gasteiger partial charge in [0.05, 0.1) is 5.69 Å². The van der Waals surface area contributed by atoms with Crippen molar-refractivity contribution in [2.45, 2.75) is 6.92 Å². The topological polar surface area (TPSA) is 12.4 Å². The van der Waals surface area contributed by atoms with Crippen LogP contribution in [0.25, 0.3) is 0 Å². The third-order valence-electron chi connectivity index (χ3n) is 2.42. The molecule has 1 nitrogen and oxygen atoms in total. The summed E-state index contributed by atoms with van der Waals surface area (Å²) in [5.41, 5.74) is 3.15. The van der Waals surface area contributed by atoms with Crippen LogP contribution >= 0.6 is 34.2 Å². The minimum Gasteiger partial charge on any atom is -0.256 e. The van der Waals surface area contributed by atoms with Gasteiger partial charge in [-0.2, -0.15) is 0 Å². The maximum Gasteiger partial charge on any atom is 0.0673 e. The van der Waals surface area contributed by atoms with E-state index in [-0.39, 0.29) is 0 Å². The summed E-state index contributed by atoms with van der Waals surface area (Å²) in [7, 11) is 0. The van der Waals surface area contributed by atoms with E-state index in [2.05, 4.69) is 33.6 Å². The molecular formula is C14H11ClIN. The van der Waals surface area contributed by atoms with Crippen LogP contribution in [0.2, 0.25) is 5.02 Å². The van der Waals surface area contributed by atoms with Crippen LogP contribution in [0.15, 0.2) is 47.5 Å². The van der Waals surface area contributed by atoms with Gasteiger partial charge in [0.1, 0.15) is 0 Å². The molecule has 0 amide bonds. The van der Waals surface area contributed by atoms with Crippen molar-refractivity contribution >= 4 is 46.1 Å². The van der Waals surface area contributed by atoms with Crippen LogP contribution in [0.3, 0.4) is 0 Å². The zero-order chi connectivity index (χ0) is 12.3. The fourth-order valence-corrected chi connectivity index (χ4v) is 2.13. The van der Waals surface area contributed by atoms with E-state index in [1.165, 1.54) is 3.57 Å². The van der Waals surface area contributed by atoms with Crippen molar-refractivity contribution < 1.29 is 0 Å². The number of hydrogen-bond acceptors (Lipinski definition) is 1. The van der Waals surface area contributed by atoms with Crippen molar-refractivity contribution in [2.24, 2.45) is 4.99 Å². The van der Waals surface area contributed by atoms with E-state index < -0.39 is 0 Å². The average molecular weight is 356 g/mol. The number of rotatable bonds is 2. The van der Waals surface area contributed by atoms with Gasteiger partial charge in [0.25, 0.3) is 0 Å². The van der Waals surface area contributed by atoms with Gasteiger partial charge in [-0.25, -0.2) is 0 Å². The normalized spacial score (nSPS) is 11.0. The van der Waals surface area contributed by atoms with Gasteiger partial charge in [-0.1, -0.05) is 35.9 Å². The van der Waals surface area contributed by atoms with Crippen molar-refractivity contribution in [2.75, 3.05) is 0 Å². The second-order valence-corrected chi connectivity index (χ2v) is 5.31. The van der Waals surface area contributed by atoms with Crippen molar-refractivity contribution in [3.05, 3.63) is 62.2 Å². The average Bonchev–Trinajstić information content (AvgIpc) is 2.32. The first-order valence-electron chi connectivity index (χ1n) is 5.21.